The summed E-state index contributed by atoms with van der Waals surface area (Å²) in [5.41, 5.74) is 3.55. The van der Waals surface area contributed by atoms with Crippen molar-refractivity contribution in [1.29, 1.82) is 5.26 Å². The lowest BCUT2D eigenvalue weighted by Gasteiger charge is -2.08. The van der Waals surface area contributed by atoms with Crippen molar-refractivity contribution in [3.05, 3.63) is 63.1 Å². The number of nitrogens with one attached hydrogen (secondary N) is 1. The molecule has 130 valence electrons. The van der Waals surface area contributed by atoms with E-state index in [1.54, 1.807) is 18.2 Å². The maximum absolute atomic E-state index is 12.4. The SMILES string of the molecule is C#CCOc1ccc(/C=C(\C#N)C(=O)Nc2ccc(C)c(C)c2)cc1Br. The summed E-state index contributed by atoms with van der Waals surface area (Å²) >= 11 is 3.39. The minimum Gasteiger partial charge on any atom is -0.480 e. The maximum atomic E-state index is 12.4. The molecule has 1 N–H and O–H groups in total. The number of anilines is 1. The second-order valence-electron chi connectivity index (χ2n) is 5.61. The monoisotopic (exact) mass is 408 g/mol. The van der Waals surface area contributed by atoms with E-state index in [2.05, 4.69) is 27.2 Å². The quantitative estimate of drug-likeness (QED) is 0.445. The predicted octanol–water partition coefficient (Wildman–Crippen LogP) is 4.62. The average Bonchev–Trinajstić information content (AvgIpc) is 2.62. The van der Waals surface area contributed by atoms with Gasteiger partial charge in [-0.25, -0.2) is 0 Å². The number of aryl methyl sites for hydroxylation is 2. The van der Waals surface area contributed by atoms with E-state index in [0.29, 0.717) is 21.5 Å². The molecule has 0 aliphatic heterocycles. The average molecular weight is 409 g/mol. The number of benzene rings is 2. The van der Waals surface area contributed by atoms with E-state index in [4.69, 9.17) is 11.2 Å². The van der Waals surface area contributed by atoms with Crippen molar-refractivity contribution in [1.82, 2.24) is 0 Å². The van der Waals surface area contributed by atoms with E-state index >= 15 is 0 Å². The third-order valence-corrected chi connectivity index (χ3v) is 4.33. The van der Waals surface area contributed by atoms with Crippen LogP contribution in [-0.2, 0) is 4.79 Å². The lowest BCUT2D eigenvalue weighted by Crippen LogP contribution is -2.13. The zero-order valence-corrected chi connectivity index (χ0v) is 16.1. The molecular formula is C21H17BrN2O2. The molecule has 1 amide bonds. The summed E-state index contributed by atoms with van der Waals surface area (Å²) in [4.78, 5) is 12.4. The van der Waals surface area contributed by atoms with E-state index < -0.39 is 5.91 Å². The first-order chi connectivity index (χ1) is 12.4. The van der Waals surface area contributed by atoms with Crippen molar-refractivity contribution < 1.29 is 9.53 Å². The lowest BCUT2D eigenvalue weighted by atomic mass is 10.1. The molecule has 2 aromatic rings. The Morgan fingerprint density at radius 3 is 2.65 bits per heavy atom. The fourth-order valence-electron chi connectivity index (χ4n) is 2.18. The topological polar surface area (TPSA) is 62.1 Å². The second kappa shape index (κ2) is 8.89. The number of nitriles is 1. The highest BCUT2D eigenvalue weighted by atomic mass is 79.9. The normalized spacial score (nSPS) is 10.6. The van der Waals surface area contributed by atoms with E-state index in [0.717, 1.165) is 11.1 Å². The van der Waals surface area contributed by atoms with Gasteiger partial charge in [-0.3, -0.25) is 4.79 Å². The minimum atomic E-state index is -0.459. The van der Waals surface area contributed by atoms with Gasteiger partial charge in [-0.15, -0.1) is 6.42 Å². The number of ether oxygens (including phenoxy) is 1. The van der Waals surface area contributed by atoms with Crippen molar-refractivity contribution in [3.63, 3.8) is 0 Å². The molecule has 26 heavy (non-hydrogen) atoms. The first kappa shape index (κ1) is 19.3. The van der Waals surface area contributed by atoms with Crippen LogP contribution in [-0.4, -0.2) is 12.5 Å². The van der Waals surface area contributed by atoms with Gasteiger partial charge in [-0.2, -0.15) is 5.26 Å². The van der Waals surface area contributed by atoms with Gasteiger partial charge in [0.05, 0.1) is 4.47 Å². The number of nitrogens with zero attached hydrogens (tertiary/aromatic N) is 1. The zero-order valence-electron chi connectivity index (χ0n) is 14.5. The lowest BCUT2D eigenvalue weighted by molar-refractivity contribution is -0.112. The van der Waals surface area contributed by atoms with Crippen molar-refractivity contribution in [2.24, 2.45) is 0 Å². The Labute approximate surface area is 161 Å². The van der Waals surface area contributed by atoms with Crippen LogP contribution in [0.2, 0.25) is 0 Å². The second-order valence-corrected chi connectivity index (χ2v) is 6.46. The Morgan fingerprint density at radius 2 is 2.04 bits per heavy atom. The molecule has 0 aliphatic carbocycles. The first-order valence-corrected chi connectivity index (χ1v) is 8.60. The first-order valence-electron chi connectivity index (χ1n) is 7.81. The zero-order chi connectivity index (χ0) is 19.1. The molecule has 0 saturated carbocycles. The fraction of sp³-hybridized carbons (Fsp3) is 0.143. The molecule has 2 rings (SSSR count). The highest BCUT2D eigenvalue weighted by molar-refractivity contribution is 9.10. The van der Waals surface area contributed by atoms with Crippen LogP contribution in [0, 0.1) is 37.5 Å². The largest absolute Gasteiger partial charge is 0.480 e. The number of hydrogen-bond acceptors (Lipinski definition) is 3. The number of carbonyl (C=O) groups is 1. The van der Waals surface area contributed by atoms with Crippen LogP contribution in [0.4, 0.5) is 5.69 Å². The Morgan fingerprint density at radius 1 is 1.27 bits per heavy atom. The molecule has 0 aromatic heterocycles. The molecule has 0 radical (unpaired) electrons. The van der Waals surface area contributed by atoms with Gasteiger partial charge in [0.25, 0.3) is 5.91 Å². The van der Waals surface area contributed by atoms with E-state index in [1.807, 2.05) is 38.1 Å². The fourth-order valence-corrected chi connectivity index (χ4v) is 2.69. The summed E-state index contributed by atoms with van der Waals surface area (Å²) in [6.07, 6.45) is 6.69. The van der Waals surface area contributed by atoms with Gasteiger partial charge in [0.15, 0.2) is 0 Å². The van der Waals surface area contributed by atoms with Crippen LogP contribution in [0.5, 0.6) is 5.75 Å². The molecule has 4 nitrogen and oxygen atoms in total. The molecule has 5 heteroatoms. The molecule has 0 spiro atoms. The molecule has 0 unspecified atom stereocenters. The standard InChI is InChI=1S/C21H17BrN2O2/c1-4-9-26-20-8-6-16(12-19(20)22)11-17(13-23)21(25)24-18-7-5-14(2)15(3)10-18/h1,5-8,10-12H,9H2,2-3H3,(H,24,25)/b17-11+. The van der Waals surface area contributed by atoms with Gasteiger partial charge in [0.1, 0.15) is 24.0 Å². The third kappa shape index (κ3) is 4.99. The summed E-state index contributed by atoms with van der Waals surface area (Å²) in [5, 5.41) is 12.1. The van der Waals surface area contributed by atoms with Gasteiger partial charge < -0.3 is 10.1 Å². The summed E-state index contributed by atoms with van der Waals surface area (Å²) in [6.45, 7) is 4.12. The minimum absolute atomic E-state index is 0.00687. The Hall–Kier alpha value is -3.02. The van der Waals surface area contributed by atoms with Crippen LogP contribution in [0.1, 0.15) is 16.7 Å². The Bertz CT molecular complexity index is 949. The van der Waals surface area contributed by atoms with E-state index in [-0.39, 0.29) is 12.2 Å². The van der Waals surface area contributed by atoms with E-state index in [1.165, 1.54) is 6.08 Å². The van der Waals surface area contributed by atoms with Gasteiger partial charge in [0, 0.05) is 5.69 Å². The summed E-state index contributed by atoms with van der Waals surface area (Å²) in [7, 11) is 0. The molecule has 0 aliphatic rings. The van der Waals surface area contributed by atoms with Crippen molar-refractivity contribution in [2.45, 2.75) is 13.8 Å². The molecule has 0 saturated heterocycles. The van der Waals surface area contributed by atoms with Crippen molar-refractivity contribution in [3.8, 4) is 24.2 Å². The maximum Gasteiger partial charge on any atom is 0.266 e. The van der Waals surface area contributed by atoms with Crippen molar-refractivity contribution >= 4 is 33.6 Å². The number of amides is 1. The predicted molar refractivity (Wildman–Crippen MR) is 107 cm³/mol. The highest BCUT2D eigenvalue weighted by Gasteiger charge is 2.11. The molecule has 0 atom stereocenters. The van der Waals surface area contributed by atoms with E-state index in [9.17, 15) is 10.1 Å². The molecule has 0 fully saturated rings. The van der Waals surface area contributed by atoms with Gasteiger partial charge in [-0.1, -0.05) is 18.1 Å². The molecule has 0 heterocycles. The number of hydrogen-bond donors (Lipinski definition) is 1. The smallest absolute Gasteiger partial charge is 0.266 e. The number of rotatable bonds is 5. The van der Waals surface area contributed by atoms with Gasteiger partial charge >= 0.3 is 0 Å². The van der Waals surface area contributed by atoms with Crippen LogP contribution in [0.15, 0.2) is 46.4 Å². The van der Waals surface area contributed by atoms with Crippen LogP contribution in [0.3, 0.4) is 0 Å². The number of carbonyl (C=O) groups excluding carboxylic acids is 1. The number of halogens is 1. The van der Waals surface area contributed by atoms with Gasteiger partial charge in [0.2, 0.25) is 0 Å². The molecule has 0 bridgehead atoms. The van der Waals surface area contributed by atoms with Crippen LogP contribution in [0.25, 0.3) is 6.08 Å². The number of terminal acetylenes is 1. The Balaban J connectivity index is 2.20. The summed E-state index contributed by atoms with van der Waals surface area (Å²) < 4.78 is 6.06. The summed E-state index contributed by atoms with van der Waals surface area (Å²) in [6, 6.07) is 12.8. The molecule has 2 aromatic carbocycles. The Kier molecular flexibility index (Phi) is 6.60. The van der Waals surface area contributed by atoms with Crippen molar-refractivity contribution in [2.75, 3.05) is 11.9 Å². The summed E-state index contributed by atoms with van der Waals surface area (Å²) in [5.74, 6) is 2.53. The third-order valence-electron chi connectivity index (χ3n) is 3.71. The van der Waals surface area contributed by atoms with Crippen LogP contribution < -0.4 is 10.1 Å². The van der Waals surface area contributed by atoms with Gasteiger partial charge in [-0.05, 0) is 76.8 Å². The molecular weight excluding hydrogens is 392 g/mol. The van der Waals surface area contributed by atoms with Crippen LogP contribution >= 0.6 is 15.9 Å². The highest BCUT2D eigenvalue weighted by Crippen LogP contribution is 2.27.